The zero-order chi connectivity index (χ0) is 19.7. The van der Waals surface area contributed by atoms with Gasteiger partial charge in [0, 0.05) is 17.7 Å². The second kappa shape index (κ2) is 7.31. The van der Waals surface area contributed by atoms with Gasteiger partial charge in [-0.3, -0.25) is 4.79 Å². The molecule has 0 saturated carbocycles. The van der Waals surface area contributed by atoms with Crippen molar-refractivity contribution in [1.29, 1.82) is 0 Å². The number of carbonyl (C=O) groups is 1. The van der Waals surface area contributed by atoms with E-state index in [2.05, 4.69) is 23.3 Å². The molecule has 4 rings (SSSR count). The van der Waals surface area contributed by atoms with Gasteiger partial charge < -0.3 is 9.73 Å². The van der Waals surface area contributed by atoms with E-state index in [0.29, 0.717) is 17.9 Å². The van der Waals surface area contributed by atoms with E-state index in [0.717, 1.165) is 33.5 Å². The van der Waals surface area contributed by atoms with Crippen LogP contribution in [0.1, 0.15) is 38.5 Å². The summed E-state index contributed by atoms with van der Waals surface area (Å²) in [6.07, 6.45) is 0.610. The van der Waals surface area contributed by atoms with Gasteiger partial charge >= 0.3 is 0 Å². The Kier molecular flexibility index (Phi) is 4.70. The molecule has 0 unspecified atom stereocenters. The van der Waals surface area contributed by atoms with Gasteiger partial charge in [-0.25, -0.2) is 4.98 Å². The summed E-state index contributed by atoms with van der Waals surface area (Å²) in [5.74, 6) is 0.585. The van der Waals surface area contributed by atoms with Crippen LogP contribution in [0.5, 0.6) is 0 Å². The fourth-order valence-corrected chi connectivity index (χ4v) is 3.37. The van der Waals surface area contributed by atoms with Gasteiger partial charge in [0.05, 0.1) is 0 Å². The van der Waals surface area contributed by atoms with Crippen molar-refractivity contribution in [2.75, 3.05) is 5.32 Å². The highest BCUT2D eigenvalue weighted by Gasteiger charge is 2.10. The van der Waals surface area contributed by atoms with Crippen molar-refractivity contribution in [1.82, 2.24) is 4.98 Å². The summed E-state index contributed by atoms with van der Waals surface area (Å²) >= 11 is 0. The topological polar surface area (TPSA) is 55.1 Å². The van der Waals surface area contributed by atoms with Gasteiger partial charge in [-0.1, -0.05) is 35.9 Å². The van der Waals surface area contributed by atoms with Gasteiger partial charge in [-0.05, 0) is 67.8 Å². The third-order valence-corrected chi connectivity index (χ3v) is 4.71. The fourth-order valence-electron chi connectivity index (χ4n) is 3.37. The highest BCUT2D eigenvalue weighted by molar-refractivity contribution is 6.04. The zero-order valence-electron chi connectivity index (χ0n) is 16.2. The Morgan fingerprint density at radius 2 is 1.75 bits per heavy atom. The number of hydrogen-bond donors (Lipinski definition) is 1. The van der Waals surface area contributed by atoms with Gasteiger partial charge in [0.15, 0.2) is 11.5 Å². The molecule has 1 N–H and O–H groups in total. The molecule has 0 aliphatic carbocycles. The lowest BCUT2D eigenvalue weighted by atomic mass is 10.1. The van der Waals surface area contributed by atoms with Crippen LogP contribution in [-0.4, -0.2) is 10.9 Å². The molecule has 0 saturated heterocycles. The number of nitrogens with one attached hydrogen (secondary N) is 1. The first-order valence-corrected chi connectivity index (χ1v) is 9.31. The Morgan fingerprint density at radius 3 is 2.50 bits per heavy atom. The molecule has 28 heavy (non-hydrogen) atoms. The van der Waals surface area contributed by atoms with Crippen molar-refractivity contribution < 1.29 is 9.21 Å². The Balaban J connectivity index is 1.47. The SMILES string of the molecule is Cc1cccc(C(=O)Nc2ccc(Cc3nc4cc(C)cc(C)c4o3)cc2)c1. The smallest absolute Gasteiger partial charge is 0.255 e. The Labute approximate surface area is 164 Å². The molecule has 0 bridgehead atoms. The average Bonchev–Trinajstić information content (AvgIpc) is 3.06. The van der Waals surface area contributed by atoms with Crippen LogP contribution in [0.15, 0.2) is 65.1 Å². The van der Waals surface area contributed by atoms with E-state index >= 15 is 0 Å². The van der Waals surface area contributed by atoms with E-state index < -0.39 is 0 Å². The molecule has 4 nitrogen and oxygen atoms in total. The van der Waals surface area contributed by atoms with Gasteiger partial charge in [-0.15, -0.1) is 0 Å². The molecule has 0 aliphatic heterocycles. The molecule has 0 atom stereocenters. The van der Waals surface area contributed by atoms with Gasteiger partial charge in [0.25, 0.3) is 5.91 Å². The summed E-state index contributed by atoms with van der Waals surface area (Å²) in [5.41, 5.74) is 7.58. The van der Waals surface area contributed by atoms with E-state index in [1.54, 1.807) is 0 Å². The summed E-state index contributed by atoms with van der Waals surface area (Å²) in [6.45, 7) is 6.07. The Morgan fingerprint density at radius 1 is 0.964 bits per heavy atom. The van der Waals surface area contributed by atoms with E-state index in [4.69, 9.17) is 4.42 Å². The molecule has 3 aromatic carbocycles. The van der Waals surface area contributed by atoms with Crippen LogP contribution in [0.2, 0.25) is 0 Å². The Bertz CT molecular complexity index is 1160. The molecule has 1 heterocycles. The molecule has 1 amide bonds. The van der Waals surface area contributed by atoms with Crippen molar-refractivity contribution >= 4 is 22.7 Å². The fraction of sp³-hybridized carbons (Fsp3) is 0.167. The third kappa shape index (κ3) is 3.81. The molecule has 4 heteroatoms. The first-order chi connectivity index (χ1) is 13.5. The molecule has 1 aromatic heterocycles. The molecular weight excluding hydrogens is 348 g/mol. The maximum atomic E-state index is 12.4. The predicted octanol–water partition coefficient (Wildman–Crippen LogP) is 5.60. The minimum absolute atomic E-state index is 0.110. The van der Waals surface area contributed by atoms with Crippen LogP contribution < -0.4 is 5.32 Å². The van der Waals surface area contributed by atoms with Crippen LogP contribution in [0.25, 0.3) is 11.1 Å². The van der Waals surface area contributed by atoms with Crippen molar-refractivity contribution in [3.8, 4) is 0 Å². The number of benzene rings is 3. The van der Waals surface area contributed by atoms with Crippen LogP contribution in [-0.2, 0) is 6.42 Å². The summed E-state index contributed by atoms with van der Waals surface area (Å²) < 4.78 is 5.94. The van der Waals surface area contributed by atoms with E-state index in [9.17, 15) is 4.79 Å². The summed E-state index contributed by atoms with van der Waals surface area (Å²) in [4.78, 5) is 17.0. The minimum Gasteiger partial charge on any atom is -0.440 e. The number of carbonyl (C=O) groups excluding carboxylic acids is 1. The first kappa shape index (κ1) is 18.0. The second-order valence-electron chi connectivity index (χ2n) is 7.23. The number of amides is 1. The van der Waals surface area contributed by atoms with E-state index in [1.807, 2.05) is 68.4 Å². The number of hydrogen-bond acceptors (Lipinski definition) is 3. The lowest BCUT2D eigenvalue weighted by molar-refractivity contribution is 0.102. The van der Waals surface area contributed by atoms with Crippen LogP contribution >= 0.6 is 0 Å². The number of rotatable bonds is 4. The summed E-state index contributed by atoms with van der Waals surface area (Å²) in [5, 5.41) is 2.93. The number of aryl methyl sites for hydroxylation is 3. The molecule has 0 aliphatic rings. The number of aromatic nitrogens is 1. The largest absolute Gasteiger partial charge is 0.440 e. The lowest BCUT2D eigenvalue weighted by Gasteiger charge is -2.07. The average molecular weight is 370 g/mol. The second-order valence-corrected chi connectivity index (χ2v) is 7.23. The number of oxazole rings is 1. The highest BCUT2D eigenvalue weighted by atomic mass is 16.3. The summed E-state index contributed by atoms with van der Waals surface area (Å²) in [7, 11) is 0. The van der Waals surface area contributed by atoms with Crippen molar-refractivity contribution in [3.63, 3.8) is 0 Å². The van der Waals surface area contributed by atoms with E-state index in [-0.39, 0.29) is 5.91 Å². The zero-order valence-corrected chi connectivity index (χ0v) is 16.2. The molecule has 0 radical (unpaired) electrons. The number of anilines is 1. The third-order valence-electron chi connectivity index (χ3n) is 4.71. The standard InChI is InChI=1S/C24H22N2O2/c1-15-5-4-6-19(12-15)24(27)25-20-9-7-18(8-10-20)14-22-26-21-13-16(2)11-17(3)23(21)28-22/h4-13H,14H2,1-3H3,(H,25,27). The lowest BCUT2D eigenvalue weighted by Crippen LogP contribution is -2.11. The number of nitrogens with zero attached hydrogens (tertiary/aromatic N) is 1. The number of fused-ring (bicyclic) bond motifs is 1. The van der Waals surface area contributed by atoms with E-state index in [1.165, 1.54) is 5.56 Å². The minimum atomic E-state index is -0.110. The summed E-state index contributed by atoms with van der Waals surface area (Å²) in [6, 6.07) is 19.5. The predicted molar refractivity (Wildman–Crippen MR) is 112 cm³/mol. The van der Waals surface area contributed by atoms with Crippen LogP contribution in [0, 0.1) is 20.8 Å². The van der Waals surface area contributed by atoms with Crippen molar-refractivity contribution in [2.45, 2.75) is 27.2 Å². The quantitative estimate of drug-likeness (QED) is 0.509. The molecule has 0 spiro atoms. The maximum Gasteiger partial charge on any atom is 0.255 e. The van der Waals surface area contributed by atoms with Gasteiger partial charge in [0.2, 0.25) is 0 Å². The Hall–Kier alpha value is -3.40. The maximum absolute atomic E-state index is 12.4. The molecule has 4 aromatic rings. The first-order valence-electron chi connectivity index (χ1n) is 9.31. The van der Waals surface area contributed by atoms with Gasteiger partial charge in [-0.2, -0.15) is 0 Å². The van der Waals surface area contributed by atoms with Crippen molar-refractivity contribution in [3.05, 3.63) is 94.4 Å². The molecular formula is C24H22N2O2. The highest BCUT2D eigenvalue weighted by Crippen LogP contribution is 2.23. The van der Waals surface area contributed by atoms with Crippen LogP contribution in [0.3, 0.4) is 0 Å². The van der Waals surface area contributed by atoms with Crippen molar-refractivity contribution in [2.24, 2.45) is 0 Å². The van der Waals surface area contributed by atoms with Crippen LogP contribution in [0.4, 0.5) is 5.69 Å². The van der Waals surface area contributed by atoms with Gasteiger partial charge in [0.1, 0.15) is 5.52 Å². The monoisotopic (exact) mass is 370 g/mol. The molecule has 140 valence electrons. The normalized spacial score (nSPS) is 11.0. The molecule has 0 fully saturated rings.